The van der Waals surface area contributed by atoms with Crippen LogP contribution in [0.15, 0.2) is 71.0 Å². The first-order chi connectivity index (χ1) is 15.7. The van der Waals surface area contributed by atoms with E-state index in [9.17, 15) is 4.79 Å². The van der Waals surface area contributed by atoms with E-state index in [1.165, 1.54) is 5.56 Å². The Kier molecular flexibility index (Phi) is 5.38. The van der Waals surface area contributed by atoms with Crippen LogP contribution in [0.4, 0.5) is 0 Å². The fourth-order valence-electron chi connectivity index (χ4n) is 4.34. The normalized spacial score (nSPS) is 18.2. The molecule has 0 bridgehead atoms. The second-order valence-electron chi connectivity index (χ2n) is 7.92. The van der Waals surface area contributed by atoms with Gasteiger partial charge in [-0.05, 0) is 36.6 Å². The highest BCUT2D eigenvalue weighted by Gasteiger charge is 2.30. The van der Waals surface area contributed by atoms with E-state index in [4.69, 9.17) is 21.2 Å². The minimum atomic E-state index is -0.474. The highest BCUT2D eigenvalue weighted by Crippen LogP contribution is 2.28. The molecule has 0 saturated carbocycles. The molecule has 1 fully saturated rings. The fraction of sp³-hybridized carbons (Fsp3) is 0.250. The van der Waals surface area contributed by atoms with Gasteiger partial charge in [0.05, 0.1) is 5.52 Å². The Morgan fingerprint density at radius 1 is 1.22 bits per heavy atom. The lowest BCUT2D eigenvalue weighted by Crippen LogP contribution is -2.48. The van der Waals surface area contributed by atoms with Gasteiger partial charge < -0.3 is 26.8 Å². The maximum atomic E-state index is 12.0. The maximum absolute atomic E-state index is 12.0. The van der Waals surface area contributed by atoms with Gasteiger partial charge in [0.25, 0.3) is 0 Å². The average Bonchev–Trinajstić information content (AvgIpc) is 3.21. The van der Waals surface area contributed by atoms with Gasteiger partial charge in [-0.3, -0.25) is 9.36 Å². The van der Waals surface area contributed by atoms with Crippen LogP contribution in [0.2, 0.25) is 0 Å². The molecule has 1 aromatic heterocycles. The summed E-state index contributed by atoms with van der Waals surface area (Å²) < 4.78 is 7.98. The molecule has 32 heavy (non-hydrogen) atoms. The third-order valence-corrected chi connectivity index (χ3v) is 5.88. The number of carbonyl (C=O) groups is 1. The molecule has 2 aromatic carbocycles. The number of hydrogen-bond acceptors (Lipinski definition) is 6. The van der Waals surface area contributed by atoms with Crippen molar-refractivity contribution in [1.29, 1.82) is 0 Å². The molecule has 0 aliphatic carbocycles. The van der Waals surface area contributed by atoms with Crippen molar-refractivity contribution in [2.45, 2.75) is 32.2 Å². The Labute approximate surface area is 185 Å². The van der Waals surface area contributed by atoms with Crippen molar-refractivity contribution in [2.75, 3.05) is 6.61 Å². The summed E-state index contributed by atoms with van der Waals surface area (Å²) in [6, 6.07) is 17.6. The first-order valence-electron chi connectivity index (χ1n) is 10.8. The lowest BCUT2D eigenvalue weighted by atomic mass is 10.1. The molecule has 0 radical (unpaired) electrons. The summed E-state index contributed by atoms with van der Waals surface area (Å²) in [7, 11) is 0. The topological polar surface area (TPSA) is 120 Å². The third-order valence-electron chi connectivity index (χ3n) is 5.88. The highest BCUT2D eigenvalue weighted by atomic mass is 16.5. The van der Waals surface area contributed by atoms with E-state index in [0.717, 1.165) is 40.8 Å². The molecule has 0 spiro atoms. The lowest BCUT2D eigenvalue weighted by Gasteiger charge is -2.33. The van der Waals surface area contributed by atoms with Gasteiger partial charge in [0.2, 0.25) is 11.9 Å². The number of nitrogens with one attached hydrogen (secondary N) is 2. The van der Waals surface area contributed by atoms with Gasteiger partial charge in [0.1, 0.15) is 5.82 Å². The van der Waals surface area contributed by atoms with Crippen molar-refractivity contribution < 1.29 is 9.53 Å². The number of rotatable bonds is 5. The van der Waals surface area contributed by atoms with Crippen molar-refractivity contribution in [1.82, 2.24) is 15.2 Å². The van der Waals surface area contributed by atoms with Gasteiger partial charge in [-0.25, -0.2) is 0 Å². The number of fused-ring (bicyclic) bond motifs is 2. The number of nitrogens with zero attached hydrogens (tertiary/aromatic N) is 2. The Morgan fingerprint density at radius 2 is 2.06 bits per heavy atom. The summed E-state index contributed by atoms with van der Waals surface area (Å²) in [6.07, 6.45) is 1.60. The number of ether oxygens (including phenoxy) is 1. The van der Waals surface area contributed by atoms with E-state index in [1.807, 2.05) is 41.0 Å². The van der Waals surface area contributed by atoms with Crippen LogP contribution in [0.1, 0.15) is 34.5 Å². The minimum Gasteiger partial charge on any atom is -0.366 e. The number of benzene rings is 2. The molecule has 1 atom stereocenters. The van der Waals surface area contributed by atoms with Crippen LogP contribution < -0.4 is 22.1 Å². The van der Waals surface area contributed by atoms with Gasteiger partial charge >= 0.3 is 0 Å². The molecule has 3 heterocycles. The molecule has 2 aliphatic rings. The molecule has 5 rings (SSSR count). The van der Waals surface area contributed by atoms with Gasteiger partial charge in [-0.2, -0.15) is 4.99 Å². The Bertz CT molecular complexity index is 1230. The zero-order chi connectivity index (χ0) is 22.1. The molecule has 1 amide bonds. The van der Waals surface area contributed by atoms with Gasteiger partial charge in [-0.1, -0.05) is 36.4 Å². The number of primary amides is 1. The fourth-order valence-corrected chi connectivity index (χ4v) is 4.34. The standard InChI is InChI=1S/C24H26N6O2/c25-13-16-12-19-17(21(26)31)8-4-10-20(19)30(16)24-28-22(18-9-5-11-32-23(18)29-24)27-14-15-6-2-1-3-7-15/h1-4,6-8,10,12,23,27H,5,9,11,13-14,25H2,(H2,26,31)(H,28,29). The highest BCUT2D eigenvalue weighted by molar-refractivity contribution is 6.08. The summed E-state index contributed by atoms with van der Waals surface area (Å²) in [5.74, 6) is 0.939. The summed E-state index contributed by atoms with van der Waals surface area (Å²) in [4.78, 5) is 16.9. The Hall–Kier alpha value is -3.62. The zero-order valence-electron chi connectivity index (χ0n) is 17.7. The molecule has 8 nitrogen and oxygen atoms in total. The van der Waals surface area contributed by atoms with Crippen LogP contribution in [0.3, 0.4) is 0 Å². The van der Waals surface area contributed by atoms with Crippen molar-refractivity contribution >= 4 is 22.8 Å². The molecule has 1 saturated heterocycles. The summed E-state index contributed by atoms with van der Waals surface area (Å²) in [5, 5.41) is 7.67. The molecule has 8 heteroatoms. The van der Waals surface area contributed by atoms with Crippen molar-refractivity contribution in [3.63, 3.8) is 0 Å². The number of amides is 1. The second-order valence-corrected chi connectivity index (χ2v) is 7.92. The van der Waals surface area contributed by atoms with Crippen LogP contribution in [-0.4, -0.2) is 29.3 Å². The summed E-state index contributed by atoms with van der Waals surface area (Å²) >= 11 is 0. The van der Waals surface area contributed by atoms with E-state index in [2.05, 4.69) is 22.8 Å². The predicted molar refractivity (Wildman–Crippen MR) is 124 cm³/mol. The molecule has 3 aromatic rings. The van der Waals surface area contributed by atoms with Gasteiger partial charge in [0, 0.05) is 41.9 Å². The first kappa shape index (κ1) is 20.3. The molecule has 2 aliphatic heterocycles. The molecular formula is C24H26N6O2. The monoisotopic (exact) mass is 430 g/mol. The smallest absolute Gasteiger partial charge is 0.249 e. The number of aromatic nitrogens is 1. The second kappa shape index (κ2) is 8.49. The van der Waals surface area contributed by atoms with Crippen LogP contribution >= 0.6 is 0 Å². The molecule has 6 N–H and O–H groups in total. The minimum absolute atomic E-state index is 0.267. The molecule has 1 unspecified atom stereocenters. The largest absolute Gasteiger partial charge is 0.366 e. The quantitative estimate of drug-likeness (QED) is 0.494. The van der Waals surface area contributed by atoms with Gasteiger partial charge in [-0.15, -0.1) is 0 Å². The summed E-state index contributed by atoms with van der Waals surface area (Å²) in [6.45, 7) is 1.62. The number of carbonyl (C=O) groups excluding carboxylic acids is 1. The SMILES string of the molecule is NCc1cc2c(C(N)=O)cccc2n1C1=NC(NCc2ccccc2)=C2CCCOC2N1. The Morgan fingerprint density at radius 3 is 2.84 bits per heavy atom. The molecule has 164 valence electrons. The summed E-state index contributed by atoms with van der Waals surface area (Å²) in [5.41, 5.74) is 16.0. The third kappa shape index (κ3) is 3.63. The van der Waals surface area contributed by atoms with E-state index in [-0.39, 0.29) is 12.8 Å². The Balaban J connectivity index is 1.59. The number of hydrogen-bond donors (Lipinski definition) is 4. The van der Waals surface area contributed by atoms with E-state index in [1.54, 1.807) is 6.07 Å². The lowest BCUT2D eigenvalue weighted by molar-refractivity contribution is 0.0402. The van der Waals surface area contributed by atoms with Crippen LogP contribution in [0.5, 0.6) is 0 Å². The van der Waals surface area contributed by atoms with Crippen molar-refractivity contribution in [3.8, 4) is 0 Å². The average molecular weight is 431 g/mol. The molecular weight excluding hydrogens is 404 g/mol. The van der Waals surface area contributed by atoms with Crippen LogP contribution in [0.25, 0.3) is 10.9 Å². The number of nitrogens with two attached hydrogens (primary N) is 2. The zero-order valence-corrected chi connectivity index (χ0v) is 17.7. The predicted octanol–water partition coefficient (Wildman–Crippen LogP) is 2.14. The van der Waals surface area contributed by atoms with E-state index >= 15 is 0 Å². The van der Waals surface area contributed by atoms with Crippen molar-refractivity contribution in [2.24, 2.45) is 16.5 Å². The number of aliphatic imine (C=N–C) groups is 1. The van der Waals surface area contributed by atoms with Crippen LogP contribution in [-0.2, 0) is 17.8 Å². The van der Waals surface area contributed by atoms with E-state index < -0.39 is 5.91 Å². The first-order valence-corrected chi connectivity index (χ1v) is 10.8. The maximum Gasteiger partial charge on any atom is 0.249 e. The van der Waals surface area contributed by atoms with Crippen LogP contribution in [0, 0.1) is 0 Å². The van der Waals surface area contributed by atoms with E-state index in [0.29, 0.717) is 24.7 Å². The van der Waals surface area contributed by atoms with Gasteiger partial charge in [0.15, 0.2) is 6.23 Å². The van der Waals surface area contributed by atoms with Crippen molar-refractivity contribution in [3.05, 3.63) is 82.8 Å².